The number of piperazine rings is 1. The topological polar surface area (TPSA) is 28.5 Å². The van der Waals surface area contributed by atoms with Crippen molar-refractivity contribution in [1.82, 2.24) is 14.4 Å². The summed E-state index contributed by atoms with van der Waals surface area (Å²) in [6, 6.07) is 6.82. The molecule has 2 aliphatic rings. The van der Waals surface area contributed by atoms with Gasteiger partial charge in [-0.3, -0.25) is 9.69 Å². The number of carbonyl (C=O) groups is 1. The van der Waals surface area contributed by atoms with E-state index < -0.39 is 0 Å². The third kappa shape index (κ3) is 2.63. The summed E-state index contributed by atoms with van der Waals surface area (Å²) in [5.41, 5.74) is 5.99. The standard InChI is InChI=1S/C20H27N3O/c1-15-18(8-10-21-11-13-22(14-12-21)16(2)24)19-7-3-5-17-6-4-9-23(15)20(17)19/h3,5,7H,4,6,8-14H2,1-2H3. The number of benzene rings is 1. The summed E-state index contributed by atoms with van der Waals surface area (Å²) in [4.78, 5) is 15.9. The second-order valence-corrected chi connectivity index (χ2v) is 7.23. The molecular formula is C20H27N3O. The summed E-state index contributed by atoms with van der Waals surface area (Å²) in [5, 5.41) is 1.46. The van der Waals surface area contributed by atoms with E-state index in [0.29, 0.717) is 0 Å². The average molecular weight is 325 g/mol. The summed E-state index contributed by atoms with van der Waals surface area (Å²) in [7, 11) is 0. The second-order valence-electron chi connectivity index (χ2n) is 7.23. The van der Waals surface area contributed by atoms with E-state index in [0.717, 1.165) is 45.7 Å². The fraction of sp³-hybridized carbons (Fsp3) is 0.550. The molecule has 4 nitrogen and oxygen atoms in total. The molecule has 4 heteroatoms. The number of aromatic nitrogens is 1. The van der Waals surface area contributed by atoms with Crippen LogP contribution >= 0.6 is 0 Å². The first-order valence-electron chi connectivity index (χ1n) is 9.22. The number of hydrogen-bond acceptors (Lipinski definition) is 2. The number of nitrogens with zero attached hydrogens (tertiary/aromatic N) is 3. The molecule has 1 aromatic carbocycles. The van der Waals surface area contributed by atoms with Gasteiger partial charge in [-0.1, -0.05) is 18.2 Å². The Morgan fingerprint density at radius 3 is 2.67 bits per heavy atom. The number of carbonyl (C=O) groups excluding carboxylic acids is 1. The molecule has 1 fully saturated rings. The number of para-hydroxylation sites is 1. The zero-order valence-electron chi connectivity index (χ0n) is 14.8. The molecule has 0 saturated carbocycles. The largest absolute Gasteiger partial charge is 0.344 e. The lowest BCUT2D eigenvalue weighted by atomic mass is 10.0. The molecule has 0 atom stereocenters. The molecule has 1 amide bonds. The van der Waals surface area contributed by atoms with Gasteiger partial charge >= 0.3 is 0 Å². The van der Waals surface area contributed by atoms with Crippen LogP contribution in [0.4, 0.5) is 0 Å². The normalized spacial score (nSPS) is 18.3. The molecule has 0 bridgehead atoms. The van der Waals surface area contributed by atoms with Gasteiger partial charge in [0.2, 0.25) is 5.91 Å². The second kappa shape index (κ2) is 6.25. The van der Waals surface area contributed by atoms with E-state index in [2.05, 4.69) is 34.6 Å². The quantitative estimate of drug-likeness (QED) is 0.868. The first kappa shape index (κ1) is 15.7. The van der Waals surface area contributed by atoms with Gasteiger partial charge < -0.3 is 9.47 Å². The van der Waals surface area contributed by atoms with Crippen molar-refractivity contribution >= 4 is 16.8 Å². The van der Waals surface area contributed by atoms with Gasteiger partial charge in [0.1, 0.15) is 0 Å². The molecular weight excluding hydrogens is 298 g/mol. The van der Waals surface area contributed by atoms with Crippen LogP contribution in [0.1, 0.15) is 30.2 Å². The molecule has 2 aliphatic heterocycles. The van der Waals surface area contributed by atoms with Crippen molar-refractivity contribution in [2.45, 2.75) is 39.7 Å². The third-order valence-corrected chi connectivity index (χ3v) is 5.88. The molecule has 1 saturated heterocycles. The molecule has 4 rings (SSSR count). The van der Waals surface area contributed by atoms with Crippen molar-refractivity contribution in [3.8, 4) is 0 Å². The molecule has 0 unspecified atom stereocenters. The lowest BCUT2D eigenvalue weighted by Gasteiger charge is -2.34. The van der Waals surface area contributed by atoms with E-state index in [1.54, 1.807) is 6.92 Å². The fourth-order valence-electron chi connectivity index (χ4n) is 4.46. The van der Waals surface area contributed by atoms with E-state index in [1.807, 2.05) is 4.90 Å². The minimum absolute atomic E-state index is 0.208. The van der Waals surface area contributed by atoms with Crippen LogP contribution in [-0.4, -0.2) is 53.0 Å². The van der Waals surface area contributed by atoms with Crippen LogP contribution < -0.4 is 0 Å². The molecule has 1 aromatic heterocycles. The van der Waals surface area contributed by atoms with Gasteiger partial charge in [-0.15, -0.1) is 0 Å². The molecule has 3 heterocycles. The predicted octanol–water partition coefficient (Wildman–Crippen LogP) is 2.60. The van der Waals surface area contributed by atoms with Crippen molar-refractivity contribution in [3.63, 3.8) is 0 Å². The average Bonchev–Trinajstić information content (AvgIpc) is 2.88. The minimum atomic E-state index is 0.208. The van der Waals surface area contributed by atoms with Crippen LogP contribution in [0.15, 0.2) is 18.2 Å². The van der Waals surface area contributed by atoms with E-state index in [1.165, 1.54) is 40.6 Å². The fourth-order valence-corrected chi connectivity index (χ4v) is 4.46. The minimum Gasteiger partial charge on any atom is -0.344 e. The van der Waals surface area contributed by atoms with Crippen LogP contribution in [0.2, 0.25) is 0 Å². The predicted molar refractivity (Wildman–Crippen MR) is 97.4 cm³/mol. The Balaban J connectivity index is 1.51. The number of aryl methyl sites for hydroxylation is 2. The molecule has 128 valence electrons. The maximum Gasteiger partial charge on any atom is 0.219 e. The Labute approximate surface area is 144 Å². The van der Waals surface area contributed by atoms with Crippen LogP contribution in [0, 0.1) is 6.92 Å². The number of hydrogen-bond donors (Lipinski definition) is 0. The van der Waals surface area contributed by atoms with Gasteiger partial charge in [-0.05, 0) is 37.3 Å². The summed E-state index contributed by atoms with van der Waals surface area (Å²) in [6.45, 7) is 9.98. The van der Waals surface area contributed by atoms with E-state index in [-0.39, 0.29) is 5.91 Å². The van der Waals surface area contributed by atoms with Gasteiger partial charge in [0.15, 0.2) is 0 Å². The van der Waals surface area contributed by atoms with Crippen molar-refractivity contribution in [3.05, 3.63) is 35.0 Å². The van der Waals surface area contributed by atoms with E-state index >= 15 is 0 Å². The van der Waals surface area contributed by atoms with Crippen LogP contribution in [0.3, 0.4) is 0 Å². The highest BCUT2D eigenvalue weighted by atomic mass is 16.2. The maximum absolute atomic E-state index is 11.5. The maximum atomic E-state index is 11.5. The summed E-state index contributed by atoms with van der Waals surface area (Å²) in [6.07, 6.45) is 3.58. The highest BCUT2D eigenvalue weighted by Crippen LogP contribution is 2.32. The van der Waals surface area contributed by atoms with Gasteiger partial charge in [-0.2, -0.15) is 0 Å². The van der Waals surface area contributed by atoms with Crippen LogP contribution in [0.5, 0.6) is 0 Å². The Kier molecular flexibility index (Phi) is 4.09. The number of rotatable bonds is 3. The van der Waals surface area contributed by atoms with Crippen molar-refractivity contribution in [2.24, 2.45) is 0 Å². The Bertz CT molecular complexity index is 769. The lowest BCUT2D eigenvalue weighted by Crippen LogP contribution is -2.48. The SMILES string of the molecule is CC(=O)N1CCN(CCc2c(C)n3c4c(cccc24)CCC3)CC1. The highest BCUT2D eigenvalue weighted by molar-refractivity contribution is 5.88. The molecule has 0 radical (unpaired) electrons. The van der Waals surface area contributed by atoms with Gasteiger partial charge in [0, 0.05) is 57.3 Å². The Morgan fingerprint density at radius 1 is 1.12 bits per heavy atom. The van der Waals surface area contributed by atoms with Gasteiger partial charge in [0.25, 0.3) is 0 Å². The summed E-state index contributed by atoms with van der Waals surface area (Å²) in [5.74, 6) is 0.208. The first-order chi connectivity index (χ1) is 11.6. The van der Waals surface area contributed by atoms with E-state index in [9.17, 15) is 4.79 Å². The molecule has 0 aliphatic carbocycles. The van der Waals surface area contributed by atoms with Crippen LogP contribution in [0.25, 0.3) is 10.9 Å². The van der Waals surface area contributed by atoms with Gasteiger partial charge in [-0.25, -0.2) is 0 Å². The lowest BCUT2D eigenvalue weighted by molar-refractivity contribution is -0.130. The molecule has 2 aromatic rings. The van der Waals surface area contributed by atoms with Crippen molar-refractivity contribution in [1.29, 1.82) is 0 Å². The van der Waals surface area contributed by atoms with Crippen molar-refractivity contribution < 1.29 is 4.79 Å². The smallest absolute Gasteiger partial charge is 0.219 e. The van der Waals surface area contributed by atoms with E-state index in [4.69, 9.17) is 0 Å². The Hall–Kier alpha value is -1.81. The third-order valence-electron chi connectivity index (χ3n) is 5.88. The first-order valence-corrected chi connectivity index (χ1v) is 9.22. The summed E-state index contributed by atoms with van der Waals surface area (Å²) >= 11 is 0. The van der Waals surface area contributed by atoms with Crippen LogP contribution in [-0.2, 0) is 24.2 Å². The van der Waals surface area contributed by atoms with Gasteiger partial charge in [0.05, 0.1) is 5.52 Å². The molecule has 24 heavy (non-hydrogen) atoms. The molecule has 0 spiro atoms. The zero-order valence-corrected chi connectivity index (χ0v) is 14.8. The monoisotopic (exact) mass is 325 g/mol. The van der Waals surface area contributed by atoms with Crippen molar-refractivity contribution in [2.75, 3.05) is 32.7 Å². The zero-order chi connectivity index (χ0) is 16.7. The summed E-state index contributed by atoms with van der Waals surface area (Å²) < 4.78 is 2.54. The number of amides is 1. The molecule has 0 N–H and O–H groups in total. The Morgan fingerprint density at radius 2 is 1.92 bits per heavy atom. The highest BCUT2D eigenvalue weighted by Gasteiger charge is 2.22.